The van der Waals surface area contributed by atoms with Gasteiger partial charge in [0, 0.05) is 11.8 Å². The summed E-state index contributed by atoms with van der Waals surface area (Å²) in [4.78, 5) is 10.8. The number of aryl methyl sites for hydroxylation is 1. The SMILES string of the molecule is COc1cccc2c(Cc3ccc(C)cc3)c([N+](=O)[O-])oc12. The Morgan fingerprint density at radius 2 is 1.91 bits per heavy atom. The number of hydrogen-bond acceptors (Lipinski definition) is 4. The number of nitrogens with zero attached hydrogens (tertiary/aromatic N) is 1. The largest absolute Gasteiger partial charge is 0.493 e. The van der Waals surface area contributed by atoms with Crippen molar-refractivity contribution in [1.82, 2.24) is 0 Å². The number of para-hydroxylation sites is 1. The number of hydrogen-bond donors (Lipinski definition) is 0. The molecule has 0 amide bonds. The van der Waals surface area contributed by atoms with Crippen molar-refractivity contribution in [3.63, 3.8) is 0 Å². The smallest absolute Gasteiger partial charge is 0.437 e. The van der Waals surface area contributed by atoms with Crippen LogP contribution in [0.3, 0.4) is 0 Å². The second-order valence-corrected chi connectivity index (χ2v) is 5.14. The first-order valence-corrected chi connectivity index (χ1v) is 6.88. The van der Waals surface area contributed by atoms with Crippen LogP contribution >= 0.6 is 0 Å². The maximum Gasteiger partial charge on any atom is 0.437 e. The molecule has 0 fully saturated rings. The molecule has 0 aliphatic heterocycles. The minimum Gasteiger partial charge on any atom is -0.493 e. The highest BCUT2D eigenvalue weighted by Crippen LogP contribution is 2.37. The minimum absolute atomic E-state index is 0.222. The maximum atomic E-state index is 11.3. The van der Waals surface area contributed by atoms with E-state index in [1.807, 2.05) is 37.3 Å². The Labute approximate surface area is 127 Å². The monoisotopic (exact) mass is 297 g/mol. The van der Waals surface area contributed by atoms with Crippen LogP contribution in [0, 0.1) is 17.0 Å². The lowest BCUT2D eigenvalue weighted by molar-refractivity contribution is -0.402. The van der Waals surface area contributed by atoms with Crippen LogP contribution in [-0.4, -0.2) is 12.0 Å². The summed E-state index contributed by atoms with van der Waals surface area (Å²) in [6.07, 6.45) is 0.441. The average Bonchev–Trinajstić information content (AvgIpc) is 2.88. The Kier molecular flexibility index (Phi) is 3.55. The van der Waals surface area contributed by atoms with Gasteiger partial charge in [0.15, 0.2) is 11.3 Å². The molecule has 0 radical (unpaired) electrons. The second-order valence-electron chi connectivity index (χ2n) is 5.14. The first-order chi connectivity index (χ1) is 10.6. The molecule has 0 bridgehead atoms. The molecule has 0 N–H and O–H groups in total. The number of ether oxygens (including phenoxy) is 1. The third kappa shape index (κ3) is 2.41. The summed E-state index contributed by atoms with van der Waals surface area (Å²) in [5.41, 5.74) is 3.14. The summed E-state index contributed by atoms with van der Waals surface area (Å²) >= 11 is 0. The molecule has 0 aliphatic rings. The Balaban J connectivity index is 2.16. The number of furan rings is 1. The fraction of sp³-hybridized carbons (Fsp3) is 0.176. The van der Waals surface area contributed by atoms with E-state index in [-0.39, 0.29) is 5.88 Å². The van der Waals surface area contributed by atoms with Crippen LogP contribution in [0.4, 0.5) is 5.88 Å². The van der Waals surface area contributed by atoms with E-state index < -0.39 is 4.92 Å². The molecule has 0 atom stereocenters. The molecule has 0 saturated heterocycles. The van der Waals surface area contributed by atoms with E-state index in [9.17, 15) is 10.1 Å². The van der Waals surface area contributed by atoms with E-state index in [1.165, 1.54) is 7.11 Å². The van der Waals surface area contributed by atoms with Crippen LogP contribution in [0.2, 0.25) is 0 Å². The zero-order valence-corrected chi connectivity index (χ0v) is 12.3. The molecule has 2 aromatic carbocycles. The highest BCUT2D eigenvalue weighted by Gasteiger charge is 2.25. The fourth-order valence-electron chi connectivity index (χ4n) is 2.52. The van der Waals surface area contributed by atoms with Gasteiger partial charge in [-0.1, -0.05) is 42.0 Å². The van der Waals surface area contributed by atoms with Gasteiger partial charge < -0.3 is 9.15 Å². The lowest BCUT2D eigenvalue weighted by Crippen LogP contribution is -1.93. The number of benzene rings is 2. The van der Waals surface area contributed by atoms with Crippen molar-refractivity contribution < 1.29 is 14.1 Å². The minimum atomic E-state index is -0.483. The Morgan fingerprint density at radius 1 is 1.18 bits per heavy atom. The van der Waals surface area contributed by atoms with Gasteiger partial charge in [0.1, 0.15) is 4.92 Å². The van der Waals surface area contributed by atoms with Gasteiger partial charge in [-0.15, -0.1) is 0 Å². The van der Waals surface area contributed by atoms with Crippen LogP contribution < -0.4 is 4.74 Å². The first-order valence-electron chi connectivity index (χ1n) is 6.88. The van der Waals surface area contributed by atoms with E-state index in [4.69, 9.17) is 9.15 Å². The normalized spacial score (nSPS) is 10.8. The molecule has 0 unspecified atom stereocenters. The van der Waals surface area contributed by atoms with Crippen molar-refractivity contribution in [3.8, 4) is 5.75 Å². The van der Waals surface area contributed by atoms with E-state index in [0.717, 1.165) is 11.1 Å². The van der Waals surface area contributed by atoms with Crippen molar-refractivity contribution in [2.24, 2.45) is 0 Å². The van der Waals surface area contributed by atoms with Crippen molar-refractivity contribution in [1.29, 1.82) is 0 Å². The van der Waals surface area contributed by atoms with E-state index >= 15 is 0 Å². The van der Waals surface area contributed by atoms with Crippen LogP contribution in [0.25, 0.3) is 11.0 Å². The van der Waals surface area contributed by atoms with Gasteiger partial charge in [-0.2, -0.15) is 0 Å². The van der Waals surface area contributed by atoms with E-state index in [2.05, 4.69) is 0 Å². The van der Waals surface area contributed by atoms with Crippen molar-refractivity contribution in [2.75, 3.05) is 7.11 Å². The standard InChI is InChI=1S/C17H15NO4/c1-11-6-8-12(9-7-11)10-14-13-4-3-5-15(21-2)16(13)22-17(14)18(19)20/h3-9H,10H2,1-2H3. The topological polar surface area (TPSA) is 65.5 Å². The maximum absolute atomic E-state index is 11.3. The predicted molar refractivity (Wildman–Crippen MR) is 83.4 cm³/mol. The third-order valence-electron chi connectivity index (χ3n) is 3.65. The van der Waals surface area contributed by atoms with E-state index in [1.54, 1.807) is 12.1 Å². The molecular weight excluding hydrogens is 282 g/mol. The van der Waals surface area contributed by atoms with Crippen molar-refractivity contribution in [3.05, 3.63) is 69.3 Å². The molecule has 0 spiro atoms. The van der Waals surface area contributed by atoms with E-state index in [0.29, 0.717) is 28.7 Å². The second kappa shape index (κ2) is 5.52. The summed E-state index contributed by atoms with van der Waals surface area (Å²) in [6, 6.07) is 13.3. The molecule has 0 saturated carbocycles. The van der Waals surface area contributed by atoms with Gasteiger partial charge in [-0.05, 0) is 18.6 Å². The molecule has 112 valence electrons. The summed E-state index contributed by atoms with van der Waals surface area (Å²) in [5, 5.41) is 12.0. The summed E-state index contributed by atoms with van der Waals surface area (Å²) in [6.45, 7) is 2.00. The predicted octanol–water partition coefficient (Wildman–Crippen LogP) is 4.25. The quantitative estimate of drug-likeness (QED) is 0.533. The van der Waals surface area contributed by atoms with Gasteiger partial charge in [-0.3, -0.25) is 10.1 Å². The summed E-state index contributed by atoms with van der Waals surface area (Å²) in [5.74, 6) is 0.274. The molecule has 3 aromatic rings. The van der Waals surface area contributed by atoms with Gasteiger partial charge in [0.05, 0.1) is 12.7 Å². The van der Waals surface area contributed by atoms with Crippen LogP contribution in [0.1, 0.15) is 16.7 Å². The highest BCUT2D eigenvalue weighted by molar-refractivity contribution is 5.89. The highest BCUT2D eigenvalue weighted by atomic mass is 16.6. The van der Waals surface area contributed by atoms with Gasteiger partial charge in [-0.25, -0.2) is 0 Å². The molecule has 5 nitrogen and oxygen atoms in total. The van der Waals surface area contributed by atoms with Crippen molar-refractivity contribution in [2.45, 2.75) is 13.3 Å². The molecule has 1 aromatic heterocycles. The van der Waals surface area contributed by atoms with Crippen molar-refractivity contribution >= 4 is 16.9 Å². The molecule has 0 aliphatic carbocycles. The lowest BCUT2D eigenvalue weighted by Gasteiger charge is -2.01. The molecule has 5 heteroatoms. The van der Waals surface area contributed by atoms with Gasteiger partial charge in [0.25, 0.3) is 0 Å². The number of nitro groups is 1. The molecule has 22 heavy (non-hydrogen) atoms. The van der Waals surface area contributed by atoms with Crippen LogP contribution in [0.15, 0.2) is 46.9 Å². The molecular formula is C17H15NO4. The first kappa shape index (κ1) is 14.1. The zero-order valence-electron chi connectivity index (χ0n) is 12.3. The summed E-state index contributed by atoms with van der Waals surface area (Å²) < 4.78 is 10.7. The average molecular weight is 297 g/mol. The summed E-state index contributed by atoms with van der Waals surface area (Å²) in [7, 11) is 1.52. The fourth-order valence-corrected chi connectivity index (χ4v) is 2.52. The number of rotatable bonds is 4. The number of methoxy groups -OCH3 is 1. The lowest BCUT2D eigenvalue weighted by atomic mass is 10.0. The third-order valence-corrected chi connectivity index (χ3v) is 3.65. The Hall–Kier alpha value is -2.82. The molecule has 1 heterocycles. The Bertz CT molecular complexity index is 834. The number of fused-ring (bicyclic) bond motifs is 1. The van der Waals surface area contributed by atoms with Crippen LogP contribution in [-0.2, 0) is 6.42 Å². The van der Waals surface area contributed by atoms with Gasteiger partial charge in [0.2, 0.25) is 0 Å². The van der Waals surface area contributed by atoms with Gasteiger partial charge >= 0.3 is 5.88 Å². The Morgan fingerprint density at radius 3 is 2.55 bits per heavy atom. The van der Waals surface area contributed by atoms with Crippen LogP contribution in [0.5, 0.6) is 5.75 Å². The molecule has 3 rings (SSSR count). The zero-order chi connectivity index (χ0) is 15.7.